The van der Waals surface area contributed by atoms with Gasteiger partial charge in [0, 0.05) is 17.4 Å². The van der Waals surface area contributed by atoms with Crippen molar-refractivity contribution in [2.75, 3.05) is 0 Å². The third-order valence-corrected chi connectivity index (χ3v) is 2.61. The van der Waals surface area contributed by atoms with Crippen molar-refractivity contribution in [2.24, 2.45) is 10.8 Å². The van der Waals surface area contributed by atoms with Crippen LogP contribution in [0.4, 0.5) is 0 Å². The lowest BCUT2D eigenvalue weighted by Gasteiger charge is -2.16. The van der Waals surface area contributed by atoms with Gasteiger partial charge < -0.3 is 4.52 Å². The molecule has 0 aromatic carbocycles. The van der Waals surface area contributed by atoms with Crippen LogP contribution in [0.2, 0.25) is 0 Å². The normalized spacial score (nSPS) is 12.9. The summed E-state index contributed by atoms with van der Waals surface area (Å²) in [5.41, 5.74) is 1.09. The predicted molar refractivity (Wildman–Crippen MR) is 68.2 cm³/mol. The van der Waals surface area contributed by atoms with Crippen LogP contribution in [-0.2, 0) is 6.42 Å². The molecule has 1 rings (SSSR count). The Morgan fingerprint density at radius 2 is 1.71 bits per heavy atom. The van der Waals surface area contributed by atoms with E-state index in [0.29, 0.717) is 5.69 Å². The lowest BCUT2D eigenvalue weighted by molar-refractivity contribution is 0.0848. The molecule has 1 aromatic heterocycles. The molecule has 0 amide bonds. The van der Waals surface area contributed by atoms with Gasteiger partial charge in [-0.05, 0) is 12.3 Å². The van der Waals surface area contributed by atoms with Crippen LogP contribution in [0.1, 0.15) is 63.4 Å². The molecular weight excluding hydrogens is 214 g/mol. The third kappa shape index (κ3) is 3.42. The maximum absolute atomic E-state index is 12.1. The van der Waals surface area contributed by atoms with Crippen molar-refractivity contribution in [1.82, 2.24) is 5.16 Å². The zero-order valence-corrected chi connectivity index (χ0v) is 12.0. The Balaban J connectivity index is 3.04. The largest absolute Gasteiger partial charge is 0.360 e. The molecule has 1 heterocycles. The molecule has 1 aromatic rings. The number of hydrogen-bond acceptors (Lipinski definition) is 3. The molecule has 0 saturated carbocycles. The Morgan fingerprint density at radius 1 is 1.18 bits per heavy atom. The summed E-state index contributed by atoms with van der Waals surface area (Å²) < 4.78 is 5.32. The van der Waals surface area contributed by atoms with E-state index < -0.39 is 5.41 Å². The fraction of sp³-hybridized carbons (Fsp3) is 0.714. The number of aromatic nitrogens is 1. The lowest BCUT2D eigenvalue weighted by atomic mass is 9.86. The van der Waals surface area contributed by atoms with Crippen LogP contribution in [0.5, 0.6) is 0 Å². The molecule has 0 radical (unpaired) electrons. The first-order valence-corrected chi connectivity index (χ1v) is 6.02. The van der Waals surface area contributed by atoms with Gasteiger partial charge in [0.05, 0.1) is 0 Å². The second-order valence-corrected chi connectivity index (χ2v) is 6.90. The maximum Gasteiger partial charge on any atom is 0.190 e. The van der Waals surface area contributed by atoms with Gasteiger partial charge in [0.1, 0.15) is 5.76 Å². The molecule has 0 saturated heterocycles. The summed E-state index contributed by atoms with van der Waals surface area (Å²) >= 11 is 0. The minimum atomic E-state index is -0.416. The predicted octanol–water partition coefficient (Wildman–Crippen LogP) is 3.80. The van der Waals surface area contributed by atoms with Crippen molar-refractivity contribution in [1.29, 1.82) is 0 Å². The molecule has 96 valence electrons. The van der Waals surface area contributed by atoms with Crippen LogP contribution in [-0.4, -0.2) is 10.9 Å². The van der Waals surface area contributed by atoms with Gasteiger partial charge in [-0.1, -0.05) is 46.7 Å². The molecule has 17 heavy (non-hydrogen) atoms. The van der Waals surface area contributed by atoms with Crippen molar-refractivity contribution in [3.63, 3.8) is 0 Å². The quantitative estimate of drug-likeness (QED) is 0.735. The zero-order chi connectivity index (χ0) is 13.4. The summed E-state index contributed by atoms with van der Waals surface area (Å²) in [6.07, 6.45) is 0.795. The van der Waals surface area contributed by atoms with Crippen molar-refractivity contribution >= 4 is 5.78 Å². The van der Waals surface area contributed by atoms with E-state index in [0.717, 1.165) is 17.7 Å². The van der Waals surface area contributed by atoms with Crippen molar-refractivity contribution in [2.45, 2.75) is 54.9 Å². The summed E-state index contributed by atoms with van der Waals surface area (Å²) in [5, 5.41) is 3.94. The van der Waals surface area contributed by atoms with Gasteiger partial charge in [-0.2, -0.15) is 0 Å². The number of hydrogen-bond donors (Lipinski definition) is 0. The SMILES string of the molecule is Cc1c(C(=O)C(C)(C)C)noc1CC(C)(C)C. The highest BCUT2D eigenvalue weighted by Crippen LogP contribution is 2.27. The van der Waals surface area contributed by atoms with Gasteiger partial charge in [0.25, 0.3) is 0 Å². The molecule has 0 bridgehead atoms. The standard InChI is InChI=1S/C14H23NO2/c1-9-10(8-13(2,3)4)17-15-11(9)12(16)14(5,6)7/h8H2,1-7H3. The molecule has 0 unspecified atom stereocenters. The zero-order valence-electron chi connectivity index (χ0n) is 12.0. The first kappa shape index (κ1) is 13.9. The van der Waals surface area contributed by atoms with Crippen LogP contribution in [0.3, 0.4) is 0 Å². The highest BCUT2D eigenvalue weighted by atomic mass is 16.5. The van der Waals surface area contributed by atoms with E-state index in [1.165, 1.54) is 0 Å². The Hall–Kier alpha value is -1.12. The number of Topliss-reactive ketones (excluding diaryl/α,β-unsaturated/α-hetero) is 1. The van der Waals surface area contributed by atoms with Gasteiger partial charge in [0.15, 0.2) is 11.5 Å². The Kier molecular flexibility index (Phi) is 3.51. The summed E-state index contributed by atoms with van der Waals surface area (Å²) in [6.45, 7) is 14.0. The maximum atomic E-state index is 12.1. The van der Waals surface area contributed by atoms with Crippen LogP contribution in [0, 0.1) is 17.8 Å². The Bertz CT molecular complexity index is 416. The molecule has 0 atom stereocenters. The van der Waals surface area contributed by atoms with E-state index in [1.807, 2.05) is 27.7 Å². The van der Waals surface area contributed by atoms with Crippen LogP contribution < -0.4 is 0 Å². The fourth-order valence-corrected chi connectivity index (χ4v) is 1.58. The van der Waals surface area contributed by atoms with E-state index in [9.17, 15) is 4.79 Å². The lowest BCUT2D eigenvalue weighted by Crippen LogP contribution is -2.21. The average molecular weight is 237 g/mol. The van der Waals surface area contributed by atoms with Gasteiger partial charge in [-0.15, -0.1) is 0 Å². The van der Waals surface area contributed by atoms with Crippen molar-refractivity contribution in [3.8, 4) is 0 Å². The molecule has 0 N–H and O–H groups in total. The minimum absolute atomic E-state index is 0.0407. The highest BCUT2D eigenvalue weighted by Gasteiger charge is 2.29. The smallest absolute Gasteiger partial charge is 0.190 e. The van der Waals surface area contributed by atoms with E-state index in [2.05, 4.69) is 25.9 Å². The Labute approximate surface area is 104 Å². The van der Waals surface area contributed by atoms with Gasteiger partial charge >= 0.3 is 0 Å². The monoisotopic (exact) mass is 237 g/mol. The number of ketones is 1. The second-order valence-electron chi connectivity index (χ2n) is 6.90. The topological polar surface area (TPSA) is 43.1 Å². The van der Waals surface area contributed by atoms with Crippen LogP contribution >= 0.6 is 0 Å². The molecule has 0 aliphatic carbocycles. The molecule has 0 fully saturated rings. The summed E-state index contributed by atoms with van der Waals surface area (Å²) in [5.74, 6) is 0.865. The van der Waals surface area contributed by atoms with Crippen LogP contribution in [0.15, 0.2) is 4.52 Å². The van der Waals surface area contributed by atoms with Crippen molar-refractivity contribution in [3.05, 3.63) is 17.0 Å². The number of nitrogens with zero attached hydrogens (tertiary/aromatic N) is 1. The second kappa shape index (κ2) is 4.28. The highest BCUT2D eigenvalue weighted by molar-refractivity contribution is 5.99. The average Bonchev–Trinajstić information content (AvgIpc) is 2.43. The first-order chi connectivity index (χ1) is 7.52. The number of rotatable bonds is 2. The summed E-state index contributed by atoms with van der Waals surface area (Å²) in [7, 11) is 0. The Morgan fingerprint density at radius 3 is 2.12 bits per heavy atom. The molecule has 3 heteroatoms. The van der Waals surface area contributed by atoms with E-state index in [-0.39, 0.29) is 11.2 Å². The number of carbonyl (C=O) groups is 1. The van der Waals surface area contributed by atoms with Gasteiger partial charge in [-0.3, -0.25) is 4.79 Å². The number of carbonyl (C=O) groups excluding carboxylic acids is 1. The third-order valence-electron chi connectivity index (χ3n) is 2.61. The first-order valence-electron chi connectivity index (χ1n) is 6.02. The molecule has 3 nitrogen and oxygen atoms in total. The van der Waals surface area contributed by atoms with Crippen LogP contribution in [0.25, 0.3) is 0 Å². The van der Waals surface area contributed by atoms with Gasteiger partial charge in [0.2, 0.25) is 0 Å². The van der Waals surface area contributed by atoms with E-state index in [4.69, 9.17) is 4.52 Å². The molecule has 0 aliphatic heterocycles. The fourth-order valence-electron chi connectivity index (χ4n) is 1.58. The van der Waals surface area contributed by atoms with E-state index >= 15 is 0 Å². The summed E-state index contributed by atoms with van der Waals surface area (Å²) in [6, 6.07) is 0. The molecule has 0 aliphatic rings. The molecular formula is C14H23NO2. The van der Waals surface area contributed by atoms with E-state index in [1.54, 1.807) is 0 Å². The minimum Gasteiger partial charge on any atom is -0.360 e. The van der Waals surface area contributed by atoms with Crippen molar-refractivity contribution < 1.29 is 9.32 Å². The van der Waals surface area contributed by atoms with Gasteiger partial charge in [-0.25, -0.2) is 0 Å². The summed E-state index contributed by atoms with van der Waals surface area (Å²) in [4.78, 5) is 12.1. The molecule has 0 spiro atoms.